The molecular formula is C17H22N2O2. The number of nitrogens with one attached hydrogen (secondary N) is 1. The number of aliphatic hydroxyl groups is 1. The normalized spacial score (nSPS) is 11.9. The van der Waals surface area contributed by atoms with Crippen molar-refractivity contribution >= 4 is 11.4 Å². The third kappa shape index (κ3) is 4.13. The Morgan fingerprint density at radius 3 is 2.62 bits per heavy atom. The maximum atomic E-state index is 9.59. The number of rotatable bonds is 7. The Kier molecular flexibility index (Phi) is 5.46. The molecule has 0 heterocycles. The summed E-state index contributed by atoms with van der Waals surface area (Å²) < 4.78 is 5.62. The molecule has 0 aromatic heterocycles. The van der Waals surface area contributed by atoms with Gasteiger partial charge in [0.1, 0.15) is 5.75 Å². The summed E-state index contributed by atoms with van der Waals surface area (Å²) in [5.41, 5.74) is 8.43. The first-order chi connectivity index (χ1) is 10.2. The summed E-state index contributed by atoms with van der Waals surface area (Å²) in [6.07, 6.45) is 0.931. The molecule has 21 heavy (non-hydrogen) atoms. The van der Waals surface area contributed by atoms with Gasteiger partial charge in [0.2, 0.25) is 0 Å². The molecule has 4 nitrogen and oxygen atoms in total. The highest BCUT2D eigenvalue weighted by atomic mass is 16.5. The molecule has 4 heteroatoms. The van der Waals surface area contributed by atoms with E-state index in [0.717, 1.165) is 17.7 Å². The Morgan fingerprint density at radius 2 is 1.95 bits per heavy atom. The first kappa shape index (κ1) is 15.2. The monoisotopic (exact) mass is 286 g/mol. The van der Waals surface area contributed by atoms with E-state index in [9.17, 15) is 5.11 Å². The van der Waals surface area contributed by atoms with Gasteiger partial charge in [0, 0.05) is 11.8 Å². The van der Waals surface area contributed by atoms with Crippen molar-refractivity contribution in [2.75, 3.05) is 24.3 Å². The molecule has 0 aliphatic heterocycles. The molecule has 112 valence electrons. The van der Waals surface area contributed by atoms with Gasteiger partial charge in [-0.3, -0.25) is 0 Å². The number of nitrogen functional groups attached to an aromatic ring is 1. The lowest BCUT2D eigenvalue weighted by atomic mass is 10.1. The Balaban J connectivity index is 2.14. The minimum Gasteiger partial charge on any atom is -0.491 e. The molecule has 0 radical (unpaired) electrons. The van der Waals surface area contributed by atoms with Crippen LogP contribution in [0.25, 0.3) is 0 Å². The number of hydrogen-bond acceptors (Lipinski definition) is 4. The lowest BCUT2D eigenvalue weighted by molar-refractivity contribution is 0.276. The van der Waals surface area contributed by atoms with Crippen LogP contribution in [0.5, 0.6) is 5.75 Å². The van der Waals surface area contributed by atoms with Crippen LogP contribution in [-0.2, 0) is 0 Å². The summed E-state index contributed by atoms with van der Waals surface area (Å²) in [7, 11) is 0. The molecule has 0 fully saturated rings. The highest BCUT2D eigenvalue weighted by Gasteiger charge is 2.11. The van der Waals surface area contributed by atoms with Crippen molar-refractivity contribution in [3.8, 4) is 5.75 Å². The van der Waals surface area contributed by atoms with Gasteiger partial charge in [0.15, 0.2) is 0 Å². The van der Waals surface area contributed by atoms with E-state index in [-0.39, 0.29) is 12.6 Å². The molecule has 0 aliphatic carbocycles. The lowest BCUT2D eigenvalue weighted by Crippen LogP contribution is -2.14. The smallest absolute Gasteiger partial charge is 0.144 e. The summed E-state index contributed by atoms with van der Waals surface area (Å²) in [4.78, 5) is 0. The van der Waals surface area contributed by atoms with E-state index in [2.05, 4.69) is 12.2 Å². The van der Waals surface area contributed by atoms with Crippen LogP contribution in [0.4, 0.5) is 11.4 Å². The highest BCUT2D eigenvalue weighted by Crippen LogP contribution is 2.28. The van der Waals surface area contributed by atoms with E-state index in [1.165, 1.54) is 0 Å². The average molecular weight is 286 g/mol. The van der Waals surface area contributed by atoms with Crippen LogP contribution in [0.1, 0.15) is 24.9 Å². The molecule has 4 N–H and O–H groups in total. The van der Waals surface area contributed by atoms with E-state index >= 15 is 0 Å². The van der Waals surface area contributed by atoms with Gasteiger partial charge in [-0.1, -0.05) is 37.3 Å². The van der Waals surface area contributed by atoms with E-state index in [0.29, 0.717) is 18.0 Å². The van der Waals surface area contributed by atoms with Gasteiger partial charge < -0.3 is 20.9 Å². The maximum absolute atomic E-state index is 9.59. The fourth-order valence-electron chi connectivity index (χ4n) is 2.08. The maximum Gasteiger partial charge on any atom is 0.144 e. The first-order valence-corrected chi connectivity index (χ1v) is 7.19. The summed E-state index contributed by atoms with van der Waals surface area (Å²) in [6, 6.07) is 15.3. The zero-order chi connectivity index (χ0) is 15.1. The summed E-state index contributed by atoms with van der Waals surface area (Å²) in [5.74, 6) is 0.673. The fraction of sp³-hybridized carbons (Fsp3) is 0.294. The number of anilines is 2. The molecule has 2 aromatic carbocycles. The van der Waals surface area contributed by atoms with Crippen molar-refractivity contribution in [2.24, 2.45) is 0 Å². The Labute approximate surface area is 125 Å². The predicted octanol–water partition coefficient (Wildman–Crippen LogP) is 3.20. The second-order valence-corrected chi connectivity index (χ2v) is 4.89. The summed E-state index contributed by atoms with van der Waals surface area (Å²) in [5, 5.41) is 12.9. The van der Waals surface area contributed by atoms with Crippen LogP contribution in [0.15, 0.2) is 48.5 Å². The zero-order valence-corrected chi connectivity index (χ0v) is 12.3. The SMILES string of the molecule is CCCOc1cc(NC(CO)c2ccccc2)ccc1N. The van der Waals surface area contributed by atoms with Crippen molar-refractivity contribution in [1.29, 1.82) is 0 Å². The zero-order valence-electron chi connectivity index (χ0n) is 12.3. The van der Waals surface area contributed by atoms with Gasteiger partial charge in [-0.2, -0.15) is 0 Å². The lowest BCUT2D eigenvalue weighted by Gasteiger charge is -2.19. The highest BCUT2D eigenvalue weighted by molar-refractivity contribution is 5.61. The van der Waals surface area contributed by atoms with E-state index < -0.39 is 0 Å². The second kappa shape index (κ2) is 7.55. The summed E-state index contributed by atoms with van der Waals surface area (Å²) in [6.45, 7) is 2.70. The molecule has 2 aromatic rings. The molecule has 0 amide bonds. The first-order valence-electron chi connectivity index (χ1n) is 7.19. The van der Waals surface area contributed by atoms with Gasteiger partial charge in [0.25, 0.3) is 0 Å². The topological polar surface area (TPSA) is 67.5 Å². The van der Waals surface area contributed by atoms with Gasteiger partial charge in [0.05, 0.1) is 24.9 Å². The largest absolute Gasteiger partial charge is 0.491 e. The van der Waals surface area contributed by atoms with Crippen molar-refractivity contribution in [3.05, 3.63) is 54.1 Å². The molecule has 0 spiro atoms. The van der Waals surface area contributed by atoms with Gasteiger partial charge >= 0.3 is 0 Å². The van der Waals surface area contributed by atoms with Crippen LogP contribution in [0.3, 0.4) is 0 Å². The number of aliphatic hydroxyl groups excluding tert-OH is 1. The standard InChI is InChI=1S/C17H22N2O2/c1-2-10-21-17-11-14(8-9-15(17)18)19-16(12-20)13-6-4-3-5-7-13/h3-9,11,16,19-20H,2,10,12,18H2,1H3. The number of ether oxygens (including phenoxy) is 1. The molecule has 0 saturated heterocycles. The second-order valence-electron chi connectivity index (χ2n) is 4.89. The minimum absolute atomic E-state index is 0.0134. The number of benzene rings is 2. The molecule has 0 aliphatic rings. The molecule has 1 unspecified atom stereocenters. The van der Waals surface area contributed by atoms with E-state index in [1.54, 1.807) is 0 Å². The molecular weight excluding hydrogens is 264 g/mol. The Morgan fingerprint density at radius 1 is 1.19 bits per heavy atom. The third-order valence-electron chi connectivity index (χ3n) is 3.20. The van der Waals surface area contributed by atoms with Crippen molar-refractivity contribution < 1.29 is 9.84 Å². The molecule has 2 rings (SSSR count). The average Bonchev–Trinajstić information content (AvgIpc) is 2.53. The van der Waals surface area contributed by atoms with Crippen LogP contribution >= 0.6 is 0 Å². The van der Waals surface area contributed by atoms with Crippen LogP contribution in [-0.4, -0.2) is 18.3 Å². The Bertz CT molecular complexity index is 558. The van der Waals surface area contributed by atoms with Crippen molar-refractivity contribution in [3.63, 3.8) is 0 Å². The summed E-state index contributed by atoms with van der Waals surface area (Å²) >= 11 is 0. The van der Waals surface area contributed by atoms with E-state index in [4.69, 9.17) is 10.5 Å². The quantitative estimate of drug-likeness (QED) is 0.684. The van der Waals surface area contributed by atoms with Crippen molar-refractivity contribution in [2.45, 2.75) is 19.4 Å². The Hall–Kier alpha value is -2.20. The molecule has 0 bridgehead atoms. The predicted molar refractivity (Wildman–Crippen MR) is 86.5 cm³/mol. The molecule has 0 saturated carbocycles. The van der Waals surface area contributed by atoms with Gasteiger partial charge in [-0.25, -0.2) is 0 Å². The van der Waals surface area contributed by atoms with E-state index in [1.807, 2.05) is 48.5 Å². The minimum atomic E-state index is -0.158. The molecule has 1 atom stereocenters. The third-order valence-corrected chi connectivity index (χ3v) is 3.20. The number of nitrogens with two attached hydrogens (primary N) is 1. The van der Waals surface area contributed by atoms with Crippen molar-refractivity contribution in [1.82, 2.24) is 0 Å². The number of hydrogen-bond donors (Lipinski definition) is 3. The van der Waals surface area contributed by atoms with Gasteiger partial charge in [-0.05, 0) is 24.1 Å². The van der Waals surface area contributed by atoms with Crippen LogP contribution in [0, 0.1) is 0 Å². The van der Waals surface area contributed by atoms with Gasteiger partial charge in [-0.15, -0.1) is 0 Å². The van der Waals surface area contributed by atoms with Crippen LogP contribution in [0.2, 0.25) is 0 Å². The fourth-order valence-corrected chi connectivity index (χ4v) is 2.08. The van der Waals surface area contributed by atoms with Crippen LogP contribution < -0.4 is 15.8 Å².